The Kier molecular flexibility index (Phi) is 4.39. The average molecular weight is 221 g/mol. The van der Waals surface area contributed by atoms with Crippen LogP contribution in [0.25, 0.3) is 0 Å². The zero-order valence-electron chi connectivity index (χ0n) is 10.4. The van der Waals surface area contributed by atoms with E-state index in [9.17, 15) is 0 Å². The predicted molar refractivity (Wildman–Crippen MR) is 72.0 cm³/mol. The van der Waals surface area contributed by atoms with Crippen LogP contribution in [0.15, 0.2) is 24.3 Å². The lowest BCUT2D eigenvalue weighted by molar-refractivity contribution is 1.16. The van der Waals surface area contributed by atoms with E-state index in [2.05, 4.69) is 56.9 Å². The molecule has 0 aliphatic rings. The van der Waals surface area contributed by atoms with Crippen LogP contribution in [0.3, 0.4) is 0 Å². The summed E-state index contributed by atoms with van der Waals surface area (Å²) in [6, 6.07) is 12.6. The molecule has 15 heavy (non-hydrogen) atoms. The van der Waals surface area contributed by atoms with Crippen molar-refractivity contribution >= 4 is 13.9 Å². The number of hydrogen-bond donors (Lipinski definition) is 1. The van der Waals surface area contributed by atoms with Crippen LogP contribution in [0, 0.1) is 6.92 Å². The summed E-state index contributed by atoms with van der Waals surface area (Å²) in [6.07, 6.45) is 0. The molecule has 0 saturated heterocycles. The molecular formula is C13H23NSi. The minimum atomic E-state index is -1.24. The van der Waals surface area contributed by atoms with Gasteiger partial charge in [0, 0.05) is 5.69 Å². The molecule has 0 aliphatic heterocycles. The number of aryl methyl sites for hydroxylation is 1. The number of anilines is 1. The number of benzene rings is 1. The number of hydrogen-bond acceptors (Lipinski definition) is 1. The highest BCUT2D eigenvalue weighted by atomic mass is 28.3. The molecule has 1 rings (SSSR count). The van der Waals surface area contributed by atoms with Gasteiger partial charge in [0.2, 0.25) is 0 Å². The van der Waals surface area contributed by atoms with Gasteiger partial charge in [-0.1, -0.05) is 39.0 Å². The van der Waals surface area contributed by atoms with Crippen molar-refractivity contribution < 1.29 is 0 Å². The van der Waals surface area contributed by atoms with Crippen molar-refractivity contribution in [3.8, 4) is 0 Å². The Labute approximate surface area is 95.0 Å². The molecule has 84 valence electrons. The summed E-state index contributed by atoms with van der Waals surface area (Å²) >= 11 is 0. The predicted octanol–water partition coefficient (Wildman–Crippen LogP) is 4.41. The smallest absolute Gasteiger partial charge is 0.152 e. The van der Waals surface area contributed by atoms with Crippen LogP contribution < -0.4 is 4.98 Å². The van der Waals surface area contributed by atoms with Gasteiger partial charge in [0.05, 0.1) is 0 Å². The van der Waals surface area contributed by atoms with Gasteiger partial charge in [-0.05, 0) is 36.7 Å². The van der Waals surface area contributed by atoms with Crippen molar-refractivity contribution in [3.63, 3.8) is 0 Å². The number of nitrogens with one attached hydrogen (secondary N) is 1. The van der Waals surface area contributed by atoms with E-state index in [0.717, 1.165) is 0 Å². The van der Waals surface area contributed by atoms with Crippen LogP contribution in [0.1, 0.15) is 26.3 Å². The highest BCUT2D eigenvalue weighted by Crippen LogP contribution is 2.24. The molecule has 0 unspecified atom stereocenters. The van der Waals surface area contributed by atoms with Crippen molar-refractivity contribution in [1.82, 2.24) is 0 Å². The Morgan fingerprint density at radius 1 is 1.00 bits per heavy atom. The second kappa shape index (κ2) is 5.36. The van der Waals surface area contributed by atoms with Crippen molar-refractivity contribution in [1.29, 1.82) is 0 Å². The van der Waals surface area contributed by atoms with Gasteiger partial charge in [0.15, 0.2) is 8.24 Å². The summed E-state index contributed by atoms with van der Waals surface area (Å²) in [7, 11) is -1.24. The first-order valence-corrected chi connectivity index (χ1v) is 8.63. The Hall–Kier alpha value is -0.763. The molecule has 0 radical (unpaired) electrons. The molecule has 0 spiro atoms. The molecule has 0 saturated carbocycles. The van der Waals surface area contributed by atoms with E-state index >= 15 is 0 Å². The molecule has 0 heterocycles. The topological polar surface area (TPSA) is 12.0 Å². The van der Waals surface area contributed by atoms with E-state index in [1.807, 2.05) is 0 Å². The van der Waals surface area contributed by atoms with E-state index in [1.165, 1.54) is 29.4 Å². The molecule has 1 aromatic carbocycles. The molecule has 0 bridgehead atoms. The van der Waals surface area contributed by atoms with Gasteiger partial charge in [0.1, 0.15) is 0 Å². The lowest BCUT2D eigenvalue weighted by atomic mass is 10.2. The second-order valence-corrected chi connectivity index (χ2v) is 9.21. The zero-order valence-corrected chi connectivity index (χ0v) is 11.4. The fraction of sp³-hybridized carbons (Fsp3) is 0.538. The third kappa shape index (κ3) is 2.85. The summed E-state index contributed by atoms with van der Waals surface area (Å²) in [6.45, 7) is 9.15. The maximum absolute atomic E-state index is 3.85. The summed E-state index contributed by atoms with van der Waals surface area (Å²) in [5.74, 6) is 0. The molecule has 0 aliphatic carbocycles. The van der Waals surface area contributed by atoms with E-state index in [4.69, 9.17) is 0 Å². The molecule has 0 atom stereocenters. The molecule has 0 aromatic heterocycles. The average Bonchev–Trinajstić information content (AvgIpc) is 2.29. The van der Waals surface area contributed by atoms with Gasteiger partial charge < -0.3 is 4.98 Å². The molecule has 1 N–H and O–H groups in total. The highest BCUT2D eigenvalue weighted by molar-refractivity contribution is 6.82. The number of para-hydroxylation sites is 1. The second-order valence-electron chi connectivity index (χ2n) is 4.28. The minimum absolute atomic E-state index is 1.24. The molecule has 1 aromatic rings. The van der Waals surface area contributed by atoms with E-state index in [-0.39, 0.29) is 0 Å². The monoisotopic (exact) mass is 221 g/mol. The van der Waals surface area contributed by atoms with Gasteiger partial charge in [0.25, 0.3) is 0 Å². The molecule has 1 nitrogen and oxygen atoms in total. The maximum Gasteiger partial charge on any atom is 0.152 e. The number of rotatable bonds is 5. The molecule has 0 fully saturated rings. The SMILES string of the molecule is CC[Si](CC)(CC)Nc1ccccc1C. The van der Waals surface area contributed by atoms with Gasteiger partial charge in [-0.2, -0.15) is 0 Å². The molecular weight excluding hydrogens is 198 g/mol. The van der Waals surface area contributed by atoms with Crippen LogP contribution in [0.5, 0.6) is 0 Å². The molecule has 0 amide bonds. The summed E-state index contributed by atoms with van der Waals surface area (Å²) in [5.41, 5.74) is 2.71. The summed E-state index contributed by atoms with van der Waals surface area (Å²) in [4.78, 5) is 3.85. The van der Waals surface area contributed by atoms with Crippen LogP contribution in [-0.4, -0.2) is 8.24 Å². The van der Waals surface area contributed by atoms with Crippen molar-refractivity contribution in [2.45, 2.75) is 45.8 Å². The van der Waals surface area contributed by atoms with Gasteiger partial charge in [-0.15, -0.1) is 0 Å². The summed E-state index contributed by atoms with van der Waals surface area (Å²) in [5, 5.41) is 0. The van der Waals surface area contributed by atoms with Gasteiger partial charge in [-0.3, -0.25) is 0 Å². The largest absolute Gasteiger partial charge is 0.410 e. The third-order valence-corrected chi connectivity index (χ3v) is 8.44. The van der Waals surface area contributed by atoms with Crippen LogP contribution >= 0.6 is 0 Å². The van der Waals surface area contributed by atoms with Crippen molar-refractivity contribution in [2.24, 2.45) is 0 Å². The fourth-order valence-electron chi connectivity index (χ4n) is 2.01. The zero-order chi connectivity index (χ0) is 11.3. The Balaban J connectivity index is 2.88. The molecule has 2 heteroatoms. The Morgan fingerprint density at radius 2 is 1.53 bits per heavy atom. The van der Waals surface area contributed by atoms with Crippen LogP contribution in [0.2, 0.25) is 18.1 Å². The minimum Gasteiger partial charge on any atom is -0.410 e. The first-order valence-electron chi connectivity index (χ1n) is 6.01. The van der Waals surface area contributed by atoms with Crippen molar-refractivity contribution in [3.05, 3.63) is 29.8 Å². The quantitative estimate of drug-likeness (QED) is 0.726. The van der Waals surface area contributed by atoms with Crippen LogP contribution in [-0.2, 0) is 0 Å². The first-order chi connectivity index (χ1) is 7.17. The van der Waals surface area contributed by atoms with Gasteiger partial charge in [-0.25, -0.2) is 0 Å². The van der Waals surface area contributed by atoms with Crippen LogP contribution in [0.4, 0.5) is 5.69 Å². The normalized spacial score (nSPS) is 11.5. The van der Waals surface area contributed by atoms with E-state index < -0.39 is 8.24 Å². The Morgan fingerprint density at radius 3 is 2.00 bits per heavy atom. The fourth-order valence-corrected chi connectivity index (χ4v) is 4.90. The standard InChI is InChI=1S/C13H23NSi/c1-5-15(6-2,7-3)14-13-11-9-8-10-12(13)4/h8-11,14H,5-7H2,1-4H3. The van der Waals surface area contributed by atoms with Gasteiger partial charge >= 0.3 is 0 Å². The lowest BCUT2D eigenvalue weighted by Crippen LogP contribution is -2.41. The third-order valence-electron chi connectivity index (χ3n) is 3.58. The first kappa shape index (κ1) is 12.3. The van der Waals surface area contributed by atoms with Crippen molar-refractivity contribution in [2.75, 3.05) is 4.98 Å². The van der Waals surface area contributed by atoms with E-state index in [0.29, 0.717) is 0 Å². The lowest BCUT2D eigenvalue weighted by Gasteiger charge is -2.31. The van der Waals surface area contributed by atoms with E-state index in [1.54, 1.807) is 0 Å². The maximum atomic E-state index is 3.85. The summed E-state index contributed by atoms with van der Waals surface area (Å²) < 4.78 is 0. The highest BCUT2D eigenvalue weighted by Gasteiger charge is 2.27. The Bertz CT molecular complexity index is 297.